The highest BCUT2D eigenvalue weighted by atomic mass is 16.5. The first kappa shape index (κ1) is 11.7. The lowest BCUT2D eigenvalue weighted by Crippen LogP contribution is -1.92. The fourth-order valence-corrected chi connectivity index (χ4v) is 2.58. The quantitative estimate of drug-likeness (QED) is 0.822. The van der Waals surface area contributed by atoms with Gasteiger partial charge >= 0.3 is 0 Å². The maximum atomic E-state index is 9.12. The van der Waals surface area contributed by atoms with E-state index < -0.39 is 0 Å². The molecule has 0 saturated heterocycles. The fraction of sp³-hybridized carbons (Fsp3) is 0.250. The van der Waals surface area contributed by atoms with E-state index in [1.54, 1.807) is 19.4 Å². The molecule has 1 aliphatic rings. The van der Waals surface area contributed by atoms with Gasteiger partial charge in [0.25, 0.3) is 0 Å². The van der Waals surface area contributed by atoms with Crippen LogP contribution in [0.3, 0.4) is 0 Å². The Balaban J connectivity index is 2.05. The van der Waals surface area contributed by atoms with Crippen molar-refractivity contribution in [2.45, 2.75) is 19.3 Å². The van der Waals surface area contributed by atoms with Crippen molar-refractivity contribution in [2.75, 3.05) is 7.11 Å². The van der Waals surface area contributed by atoms with E-state index in [1.165, 1.54) is 24.0 Å². The van der Waals surface area contributed by atoms with Crippen LogP contribution < -0.4 is 4.74 Å². The van der Waals surface area contributed by atoms with Crippen LogP contribution in [0.2, 0.25) is 0 Å². The van der Waals surface area contributed by atoms with Gasteiger partial charge in [0.05, 0.1) is 24.6 Å². The number of aromatic nitrogens is 1. The molecule has 0 amide bonds. The maximum absolute atomic E-state index is 9.12. The van der Waals surface area contributed by atoms with E-state index in [2.05, 4.69) is 29.3 Å². The Morgan fingerprint density at radius 3 is 2.84 bits per heavy atom. The van der Waals surface area contributed by atoms with Crippen LogP contribution in [0, 0.1) is 11.3 Å². The summed E-state index contributed by atoms with van der Waals surface area (Å²) in [7, 11) is 1.55. The molecule has 0 unspecified atom stereocenters. The van der Waals surface area contributed by atoms with Gasteiger partial charge in [0.15, 0.2) is 5.75 Å². The minimum absolute atomic E-state index is 0.521. The fourth-order valence-electron chi connectivity index (χ4n) is 2.58. The van der Waals surface area contributed by atoms with Crippen LogP contribution in [0.25, 0.3) is 11.3 Å². The number of ether oxygens (including phenoxy) is 1. The third-order valence-corrected chi connectivity index (χ3v) is 3.60. The van der Waals surface area contributed by atoms with Crippen molar-refractivity contribution < 1.29 is 4.74 Å². The number of rotatable bonds is 2. The molecule has 1 aromatic carbocycles. The minimum atomic E-state index is 0.521. The third kappa shape index (κ3) is 2.06. The third-order valence-electron chi connectivity index (χ3n) is 3.60. The predicted octanol–water partition coefficient (Wildman–Crippen LogP) is 3.12. The Morgan fingerprint density at radius 1 is 1.21 bits per heavy atom. The SMILES string of the molecule is COc1cnc(-c2ccc3c(c2)CCC3)cc1C#N. The highest BCUT2D eigenvalue weighted by molar-refractivity contribution is 5.64. The minimum Gasteiger partial charge on any atom is -0.494 e. The molecule has 1 heterocycles. The van der Waals surface area contributed by atoms with Crippen LogP contribution in [0.4, 0.5) is 0 Å². The molecular weight excluding hydrogens is 236 g/mol. The molecule has 0 bridgehead atoms. The van der Waals surface area contributed by atoms with Gasteiger partial charge in [-0.05, 0) is 42.5 Å². The number of aryl methyl sites for hydroxylation is 2. The van der Waals surface area contributed by atoms with Gasteiger partial charge in [0.1, 0.15) is 6.07 Å². The molecule has 3 heteroatoms. The number of nitriles is 1. The summed E-state index contributed by atoms with van der Waals surface area (Å²) in [5.41, 5.74) is 5.27. The van der Waals surface area contributed by atoms with Crippen LogP contribution in [-0.2, 0) is 12.8 Å². The highest BCUT2D eigenvalue weighted by Gasteiger charge is 2.13. The average Bonchev–Trinajstić information content (AvgIpc) is 2.93. The molecule has 3 rings (SSSR count). The number of pyridine rings is 1. The molecule has 0 saturated carbocycles. The number of benzene rings is 1. The molecule has 3 nitrogen and oxygen atoms in total. The summed E-state index contributed by atoms with van der Waals surface area (Å²) in [6.45, 7) is 0. The van der Waals surface area contributed by atoms with Crippen LogP contribution in [0.15, 0.2) is 30.5 Å². The van der Waals surface area contributed by atoms with E-state index in [9.17, 15) is 0 Å². The molecule has 0 radical (unpaired) electrons. The maximum Gasteiger partial charge on any atom is 0.154 e. The van der Waals surface area contributed by atoms with E-state index in [1.807, 2.05) is 0 Å². The van der Waals surface area contributed by atoms with Crippen molar-refractivity contribution in [3.8, 4) is 23.1 Å². The second kappa shape index (κ2) is 4.74. The summed E-state index contributed by atoms with van der Waals surface area (Å²) < 4.78 is 5.12. The molecule has 1 aromatic heterocycles. The first-order valence-electron chi connectivity index (χ1n) is 6.38. The number of methoxy groups -OCH3 is 1. The Labute approximate surface area is 112 Å². The molecule has 0 spiro atoms. The normalized spacial score (nSPS) is 12.8. The molecule has 0 fully saturated rings. The van der Waals surface area contributed by atoms with Gasteiger partial charge in [-0.15, -0.1) is 0 Å². The topological polar surface area (TPSA) is 45.9 Å². The average molecular weight is 250 g/mol. The lowest BCUT2D eigenvalue weighted by molar-refractivity contribution is 0.411. The van der Waals surface area contributed by atoms with Gasteiger partial charge < -0.3 is 4.74 Å². The van der Waals surface area contributed by atoms with Crippen LogP contribution >= 0.6 is 0 Å². The van der Waals surface area contributed by atoms with Crippen molar-refractivity contribution in [3.63, 3.8) is 0 Å². The lowest BCUT2D eigenvalue weighted by Gasteiger charge is -2.07. The number of hydrogen-bond acceptors (Lipinski definition) is 3. The Kier molecular flexibility index (Phi) is 2.92. The molecule has 0 aliphatic heterocycles. The van der Waals surface area contributed by atoms with Gasteiger partial charge in [-0.1, -0.05) is 12.1 Å². The van der Waals surface area contributed by atoms with Crippen LogP contribution in [0.5, 0.6) is 5.75 Å². The summed E-state index contributed by atoms with van der Waals surface area (Å²) in [4.78, 5) is 4.38. The van der Waals surface area contributed by atoms with Crippen LogP contribution in [-0.4, -0.2) is 12.1 Å². The smallest absolute Gasteiger partial charge is 0.154 e. The molecule has 1 aliphatic carbocycles. The zero-order chi connectivity index (χ0) is 13.2. The standard InChI is InChI=1S/C16H14N2O/c1-19-16-10-18-15(8-14(16)9-17)13-6-5-11-3-2-4-12(11)7-13/h5-8,10H,2-4H2,1H3. The second-order valence-electron chi connectivity index (χ2n) is 4.72. The van der Waals surface area contributed by atoms with Gasteiger partial charge in [0.2, 0.25) is 0 Å². The van der Waals surface area contributed by atoms with E-state index in [4.69, 9.17) is 10.00 Å². The Hall–Kier alpha value is -2.34. The lowest BCUT2D eigenvalue weighted by atomic mass is 10.0. The van der Waals surface area contributed by atoms with Gasteiger partial charge in [0, 0.05) is 5.56 Å². The predicted molar refractivity (Wildman–Crippen MR) is 73.0 cm³/mol. The molecular formula is C16H14N2O. The van der Waals surface area contributed by atoms with Crippen molar-refractivity contribution in [2.24, 2.45) is 0 Å². The van der Waals surface area contributed by atoms with E-state index in [-0.39, 0.29) is 0 Å². The zero-order valence-electron chi connectivity index (χ0n) is 10.8. The second-order valence-corrected chi connectivity index (χ2v) is 4.72. The first-order chi connectivity index (χ1) is 9.31. The van der Waals surface area contributed by atoms with Gasteiger partial charge in [-0.2, -0.15) is 5.26 Å². The van der Waals surface area contributed by atoms with Gasteiger partial charge in [-0.3, -0.25) is 4.98 Å². The number of fused-ring (bicyclic) bond motifs is 1. The van der Waals surface area contributed by atoms with Gasteiger partial charge in [-0.25, -0.2) is 0 Å². The van der Waals surface area contributed by atoms with E-state index >= 15 is 0 Å². The summed E-state index contributed by atoms with van der Waals surface area (Å²) in [6, 6.07) is 10.4. The molecule has 0 atom stereocenters. The Bertz CT molecular complexity index is 671. The van der Waals surface area contributed by atoms with Crippen molar-refractivity contribution in [1.82, 2.24) is 4.98 Å². The summed E-state index contributed by atoms with van der Waals surface area (Å²) in [5, 5.41) is 9.12. The highest BCUT2D eigenvalue weighted by Crippen LogP contribution is 2.29. The number of hydrogen-bond donors (Lipinski definition) is 0. The van der Waals surface area contributed by atoms with Crippen molar-refractivity contribution in [1.29, 1.82) is 5.26 Å². The largest absolute Gasteiger partial charge is 0.494 e. The Morgan fingerprint density at radius 2 is 2.05 bits per heavy atom. The van der Waals surface area contributed by atoms with E-state index in [0.29, 0.717) is 11.3 Å². The summed E-state index contributed by atoms with van der Waals surface area (Å²) in [5.74, 6) is 0.521. The molecule has 0 N–H and O–H groups in total. The summed E-state index contributed by atoms with van der Waals surface area (Å²) in [6.07, 6.45) is 5.17. The van der Waals surface area contributed by atoms with Crippen molar-refractivity contribution >= 4 is 0 Å². The molecule has 2 aromatic rings. The molecule has 19 heavy (non-hydrogen) atoms. The first-order valence-corrected chi connectivity index (χ1v) is 6.38. The zero-order valence-corrected chi connectivity index (χ0v) is 10.8. The van der Waals surface area contributed by atoms with E-state index in [0.717, 1.165) is 17.7 Å². The van der Waals surface area contributed by atoms with Crippen molar-refractivity contribution in [3.05, 3.63) is 47.2 Å². The number of nitrogens with zero attached hydrogens (tertiary/aromatic N) is 2. The van der Waals surface area contributed by atoms with Crippen LogP contribution in [0.1, 0.15) is 23.1 Å². The monoisotopic (exact) mass is 250 g/mol. The molecule has 94 valence electrons. The summed E-state index contributed by atoms with van der Waals surface area (Å²) >= 11 is 0.